The van der Waals surface area contributed by atoms with Gasteiger partial charge in [-0.1, -0.05) is 53.7 Å². The maximum atomic E-state index is 11.2. The van der Waals surface area contributed by atoms with Crippen LogP contribution in [-0.4, -0.2) is 16.1 Å². The molecule has 6 nitrogen and oxygen atoms in total. The summed E-state index contributed by atoms with van der Waals surface area (Å²) < 4.78 is 0. The molecule has 3 aromatic carbocycles. The number of aromatic nitrogens is 1. The fourth-order valence-electron chi connectivity index (χ4n) is 2.70. The van der Waals surface area contributed by atoms with Crippen LogP contribution in [-0.2, 0) is 0 Å². The number of halogens is 1. The van der Waals surface area contributed by atoms with Crippen LogP contribution in [0.5, 0.6) is 0 Å². The minimum absolute atomic E-state index is 0.00233. The van der Waals surface area contributed by atoms with Gasteiger partial charge in [-0.25, -0.2) is 4.98 Å². The molecule has 0 fully saturated rings. The minimum atomic E-state index is -0.422. The summed E-state index contributed by atoms with van der Waals surface area (Å²) in [6.45, 7) is 0. The molecule has 0 unspecified atom stereocenters. The molecule has 9 heteroatoms. The van der Waals surface area contributed by atoms with E-state index in [1.165, 1.54) is 35.2 Å². The Morgan fingerprint density at radius 1 is 1.10 bits per heavy atom. The van der Waals surface area contributed by atoms with E-state index in [1.54, 1.807) is 24.4 Å². The quantitative estimate of drug-likeness (QED) is 0.181. The molecule has 0 spiro atoms. The zero-order valence-electron chi connectivity index (χ0n) is 15.9. The van der Waals surface area contributed by atoms with Crippen molar-refractivity contribution in [1.82, 2.24) is 4.98 Å². The van der Waals surface area contributed by atoms with Crippen LogP contribution in [0.2, 0.25) is 5.02 Å². The number of nitro groups is 1. The molecule has 1 aromatic heterocycles. The first-order chi connectivity index (χ1) is 15.1. The first kappa shape index (κ1) is 21.0. The van der Waals surface area contributed by atoms with E-state index in [0.29, 0.717) is 15.7 Å². The van der Waals surface area contributed by atoms with Crippen LogP contribution in [0.1, 0.15) is 5.56 Å². The number of hydrazone groups is 1. The average molecular weight is 467 g/mol. The fraction of sp³-hybridized carbons (Fsp3) is 0. The number of hydrogen-bond acceptors (Lipinski definition) is 7. The molecular formula is C22H15ClN4O2S2. The molecule has 4 rings (SSSR count). The monoisotopic (exact) mass is 466 g/mol. The van der Waals surface area contributed by atoms with E-state index >= 15 is 0 Å². The lowest BCUT2D eigenvalue weighted by Crippen LogP contribution is -1.95. The van der Waals surface area contributed by atoms with Crippen molar-refractivity contribution in [3.8, 4) is 11.3 Å². The molecule has 31 heavy (non-hydrogen) atoms. The molecule has 0 amide bonds. The Balaban J connectivity index is 1.54. The van der Waals surface area contributed by atoms with Crippen LogP contribution < -0.4 is 5.43 Å². The SMILES string of the molecule is O=[N+]([O-])c1ccc(Sc2ccc(Cl)cc2)c(C=NNc2nc(-c3ccccc3)cs2)c1. The Kier molecular flexibility index (Phi) is 6.61. The van der Waals surface area contributed by atoms with Crippen molar-refractivity contribution in [1.29, 1.82) is 0 Å². The van der Waals surface area contributed by atoms with Crippen LogP contribution in [0.15, 0.2) is 93.1 Å². The van der Waals surface area contributed by atoms with Crippen molar-refractivity contribution in [3.63, 3.8) is 0 Å². The third-order valence-electron chi connectivity index (χ3n) is 4.18. The molecule has 0 atom stereocenters. The molecule has 0 aliphatic carbocycles. The molecule has 4 aromatic rings. The first-order valence-corrected chi connectivity index (χ1v) is 11.2. The lowest BCUT2D eigenvalue weighted by molar-refractivity contribution is -0.384. The predicted molar refractivity (Wildman–Crippen MR) is 127 cm³/mol. The van der Waals surface area contributed by atoms with Crippen molar-refractivity contribution < 1.29 is 4.92 Å². The average Bonchev–Trinajstić information content (AvgIpc) is 3.26. The number of thiazole rings is 1. The van der Waals surface area contributed by atoms with Crippen LogP contribution in [0.3, 0.4) is 0 Å². The van der Waals surface area contributed by atoms with Gasteiger partial charge in [0.25, 0.3) is 5.69 Å². The number of anilines is 1. The predicted octanol–water partition coefficient (Wildman–Crippen LogP) is 6.97. The minimum Gasteiger partial charge on any atom is -0.258 e. The van der Waals surface area contributed by atoms with Gasteiger partial charge in [0.15, 0.2) is 0 Å². The van der Waals surface area contributed by atoms with Crippen molar-refractivity contribution >= 4 is 51.7 Å². The van der Waals surface area contributed by atoms with E-state index in [2.05, 4.69) is 15.5 Å². The Morgan fingerprint density at radius 3 is 2.61 bits per heavy atom. The number of nitrogens with one attached hydrogen (secondary N) is 1. The van der Waals surface area contributed by atoms with Crippen LogP contribution in [0, 0.1) is 10.1 Å². The molecule has 154 valence electrons. The summed E-state index contributed by atoms with van der Waals surface area (Å²) >= 11 is 8.86. The standard InChI is InChI=1S/C22H15ClN4O2S2/c23-17-6-9-19(10-7-17)31-21-11-8-18(27(28)29)12-16(21)13-24-26-22-25-20(14-30-22)15-4-2-1-3-5-15/h1-14H,(H,25,26). The topological polar surface area (TPSA) is 80.4 Å². The number of non-ortho nitro benzene ring substituents is 1. The van der Waals surface area contributed by atoms with Crippen LogP contribution in [0.25, 0.3) is 11.3 Å². The summed E-state index contributed by atoms with van der Waals surface area (Å²) in [7, 11) is 0. The van der Waals surface area contributed by atoms with E-state index < -0.39 is 4.92 Å². The Morgan fingerprint density at radius 2 is 1.87 bits per heavy atom. The summed E-state index contributed by atoms with van der Waals surface area (Å²) in [6.07, 6.45) is 1.56. The molecule has 0 saturated heterocycles. The smallest absolute Gasteiger partial charge is 0.258 e. The highest BCUT2D eigenvalue weighted by Crippen LogP contribution is 2.32. The second-order valence-corrected chi connectivity index (χ2v) is 8.72. The van der Waals surface area contributed by atoms with Gasteiger partial charge in [0.1, 0.15) is 0 Å². The number of nitro benzene ring substituents is 1. The van der Waals surface area contributed by atoms with Gasteiger partial charge in [-0.3, -0.25) is 15.5 Å². The van der Waals surface area contributed by atoms with E-state index in [0.717, 1.165) is 21.0 Å². The zero-order valence-corrected chi connectivity index (χ0v) is 18.3. The van der Waals surface area contributed by atoms with Gasteiger partial charge in [-0.2, -0.15) is 5.10 Å². The Labute approximate surface area is 191 Å². The maximum Gasteiger partial charge on any atom is 0.270 e. The largest absolute Gasteiger partial charge is 0.270 e. The summed E-state index contributed by atoms with van der Waals surface area (Å²) in [4.78, 5) is 17.1. The molecule has 0 aliphatic rings. The summed E-state index contributed by atoms with van der Waals surface area (Å²) in [6, 6.07) is 22.0. The molecule has 1 N–H and O–H groups in total. The van der Waals surface area contributed by atoms with Crippen molar-refractivity contribution in [2.24, 2.45) is 5.10 Å². The summed E-state index contributed by atoms with van der Waals surface area (Å²) in [5.74, 6) is 0. The first-order valence-electron chi connectivity index (χ1n) is 9.10. The van der Waals surface area contributed by atoms with E-state index in [9.17, 15) is 10.1 Å². The van der Waals surface area contributed by atoms with Gasteiger partial charge in [0, 0.05) is 43.5 Å². The maximum absolute atomic E-state index is 11.2. The number of nitrogens with zero attached hydrogens (tertiary/aromatic N) is 3. The van der Waals surface area contributed by atoms with E-state index in [4.69, 9.17) is 11.6 Å². The lowest BCUT2D eigenvalue weighted by Gasteiger charge is -2.06. The molecule has 0 bridgehead atoms. The molecular weight excluding hydrogens is 452 g/mol. The molecule has 0 saturated carbocycles. The third kappa shape index (κ3) is 5.49. The Bertz CT molecular complexity index is 1230. The van der Waals surface area contributed by atoms with E-state index in [-0.39, 0.29) is 5.69 Å². The lowest BCUT2D eigenvalue weighted by atomic mass is 10.2. The fourth-order valence-corrected chi connectivity index (χ4v) is 4.38. The van der Waals surface area contributed by atoms with Gasteiger partial charge in [-0.15, -0.1) is 11.3 Å². The Hall–Kier alpha value is -3.20. The number of hydrogen-bond donors (Lipinski definition) is 1. The van der Waals surface area contributed by atoms with Gasteiger partial charge in [-0.05, 0) is 30.3 Å². The van der Waals surface area contributed by atoms with Crippen LogP contribution in [0.4, 0.5) is 10.8 Å². The molecule has 0 radical (unpaired) electrons. The van der Waals surface area contributed by atoms with Gasteiger partial charge in [0.2, 0.25) is 5.13 Å². The van der Waals surface area contributed by atoms with Crippen LogP contribution >= 0.6 is 34.7 Å². The van der Waals surface area contributed by atoms with Crippen molar-refractivity contribution in [3.05, 3.63) is 98.9 Å². The zero-order chi connectivity index (χ0) is 21.6. The van der Waals surface area contributed by atoms with E-state index in [1.807, 2.05) is 47.8 Å². The second kappa shape index (κ2) is 9.74. The highest BCUT2D eigenvalue weighted by atomic mass is 35.5. The van der Waals surface area contributed by atoms with Gasteiger partial charge >= 0.3 is 0 Å². The summed E-state index contributed by atoms with van der Waals surface area (Å²) in [5, 5.41) is 18.7. The highest BCUT2D eigenvalue weighted by molar-refractivity contribution is 7.99. The van der Waals surface area contributed by atoms with Gasteiger partial charge in [0.05, 0.1) is 16.8 Å². The molecule has 0 aliphatic heterocycles. The number of benzene rings is 3. The van der Waals surface area contributed by atoms with Gasteiger partial charge < -0.3 is 0 Å². The number of rotatable bonds is 7. The normalized spacial score (nSPS) is 11.0. The van der Waals surface area contributed by atoms with Crippen molar-refractivity contribution in [2.75, 3.05) is 5.43 Å². The highest BCUT2D eigenvalue weighted by Gasteiger charge is 2.11. The van der Waals surface area contributed by atoms with Crippen molar-refractivity contribution in [2.45, 2.75) is 9.79 Å². The second-order valence-electron chi connectivity index (χ2n) is 6.31. The summed E-state index contributed by atoms with van der Waals surface area (Å²) in [5.41, 5.74) is 5.42. The third-order valence-corrected chi connectivity index (χ3v) is 6.28. The molecule has 1 heterocycles.